The van der Waals surface area contributed by atoms with E-state index in [0.717, 1.165) is 48.0 Å². The van der Waals surface area contributed by atoms with E-state index in [0.29, 0.717) is 12.5 Å². The van der Waals surface area contributed by atoms with E-state index in [2.05, 4.69) is 59.7 Å². The number of nitriles is 1. The molecule has 1 aromatic heterocycles. The molecule has 0 spiro atoms. The normalized spacial score (nSPS) is 15.6. The predicted octanol–water partition coefficient (Wildman–Crippen LogP) is 3.16. The molecule has 4 N–H and O–H groups in total. The molecule has 4 rings (SSSR count). The maximum atomic E-state index is 6.50. The summed E-state index contributed by atoms with van der Waals surface area (Å²) in [5.41, 5.74) is 10.1. The lowest BCUT2D eigenvalue weighted by molar-refractivity contribution is 0.613. The van der Waals surface area contributed by atoms with E-state index >= 15 is 0 Å². The predicted molar refractivity (Wildman–Crippen MR) is 113 cm³/mol. The Labute approximate surface area is 166 Å². The Morgan fingerprint density at radius 2 is 1.89 bits per heavy atom. The summed E-state index contributed by atoms with van der Waals surface area (Å²) in [5, 5.41) is 18.3. The van der Waals surface area contributed by atoms with Gasteiger partial charge in [0.05, 0.1) is 11.4 Å². The Bertz CT molecular complexity index is 876. The average molecular weight is 374 g/mol. The van der Waals surface area contributed by atoms with Gasteiger partial charge in [0.1, 0.15) is 5.82 Å². The molecule has 2 heterocycles. The number of benzene rings is 2. The molecule has 0 unspecified atom stereocenters. The maximum absolute atomic E-state index is 6.50. The Morgan fingerprint density at radius 3 is 2.54 bits per heavy atom. The van der Waals surface area contributed by atoms with Gasteiger partial charge in [-0.3, -0.25) is 0 Å². The zero-order chi connectivity index (χ0) is 19.8. The number of nitrogens with one attached hydrogen (secondary N) is 2. The molecule has 1 aliphatic heterocycles. The fraction of sp³-hybridized carbons (Fsp3) is 0.273. The molecule has 0 radical (unpaired) electrons. The van der Waals surface area contributed by atoms with Crippen LogP contribution in [0.5, 0.6) is 0 Å². The first-order valence-corrected chi connectivity index (χ1v) is 9.49. The Hall–Kier alpha value is -3.14. The SMILES string of the molecule is C#N.NCc1ccc(-c2cc(NC[C@@H]3CCNC3)nn2-c2ccccc2)cc1. The van der Waals surface area contributed by atoms with Crippen LogP contribution in [0.3, 0.4) is 0 Å². The minimum atomic E-state index is 0.556. The lowest BCUT2D eigenvalue weighted by Crippen LogP contribution is -2.17. The van der Waals surface area contributed by atoms with E-state index < -0.39 is 0 Å². The highest BCUT2D eigenvalue weighted by atomic mass is 15.3. The number of anilines is 1. The van der Waals surface area contributed by atoms with Crippen molar-refractivity contribution in [1.82, 2.24) is 15.1 Å². The molecule has 144 valence electrons. The number of nitrogens with two attached hydrogens (primary N) is 1. The summed E-state index contributed by atoms with van der Waals surface area (Å²) in [6.07, 6.45) is 1.22. The molecule has 0 aliphatic carbocycles. The molecule has 6 heteroatoms. The van der Waals surface area contributed by atoms with Gasteiger partial charge in [-0.2, -0.15) is 0 Å². The van der Waals surface area contributed by atoms with Crippen LogP contribution in [0, 0.1) is 17.8 Å². The van der Waals surface area contributed by atoms with Crippen molar-refractivity contribution in [1.29, 1.82) is 5.26 Å². The van der Waals surface area contributed by atoms with E-state index in [1.54, 1.807) is 0 Å². The molecule has 2 aromatic carbocycles. The van der Waals surface area contributed by atoms with Crippen molar-refractivity contribution >= 4 is 5.82 Å². The molecular weight excluding hydrogens is 348 g/mol. The smallest absolute Gasteiger partial charge is 0.149 e. The molecule has 0 bridgehead atoms. The average Bonchev–Trinajstić information content (AvgIpc) is 3.44. The number of aromatic nitrogens is 2. The van der Waals surface area contributed by atoms with Crippen LogP contribution in [0.4, 0.5) is 5.82 Å². The molecule has 1 saturated heterocycles. The Morgan fingerprint density at radius 1 is 1.14 bits per heavy atom. The molecule has 1 aliphatic rings. The molecule has 0 saturated carbocycles. The lowest BCUT2D eigenvalue weighted by Gasteiger charge is -2.09. The van der Waals surface area contributed by atoms with Gasteiger partial charge in [-0.25, -0.2) is 9.94 Å². The summed E-state index contributed by atoms with van der Waals surface area (Å²) in [7, 11) is 0. The fourth-order valence-corrected chi connectivity index (χ4v) is 3.39. The highest BCUT2D eigenvalue weighted by Crippen LogP contribution is 2.26. The van der Waals surface area contributed by atoms with Crippen molar-refractivity contribution in [2.75, 3.05) is 25.0 Å². The van der Waals surface area contributed by atoms with E-state index in [1.165, 1.54) is 6.42 Å². The van der Waals surface area contributed by atoms with Crippen LogP contribution in [0.2, 0.25) is 0 Å². The van der Waals surface area contributed by atoms with Gasteiger partial charge in [-0.15, -0.1) is 5.10 Å². The van der Waals surface area contributed by atoms with Gasteiger partial charge in [0, 0.05) is 31.3 Å². The Kier molecular flexibility index (Phi) is 6.79. The van der Waals surface area contributed by atoms with Crippen LogP contribution in [0.25, 0.3) is 16.9 Å². The minimum Gasteiger partial charge on any atom is -0.368 e. The highest BCUT2D eigenvalue weighted by Gasteiger charge is 2.16. The van der Waals surface area contributed by atoms with Crippen molar-refractivity contribution in [3.05, 3.63) is 66.2 Å². The number of hydrogen-bond donors (Lipinski definition) is 3. The highest BCUT2D eigenvalue weighted by molar-refractivity contribution is 5.66. The van der Waals surface area contributed by atoms with E-state index in [1.807, 2.05) is 22.9 Å². The number of para-hydroxylation sites is 1. The van der Waals surface area contributed by atoms with Gasteiger partial charge in [-0.05, 0) is 43.1 Å². The number of nitrogens with zero attached hydrogens (tertiary/aromatic N) is 3. The summed E-state index contributed by atoms with van der Waals surface area (Å²) >= 11 is 0. The van der Waals surface area contributed by atoms with Gasteiger partial charge < -0.3 is 16.4 Å². The van der Waals surface area contributed by atoms with Crippen molar-refractivity contribution in [2.45, 2.75) is 13.0 Å². The van der Waals surface area contributed by atoms with Crippen LogP contribution in [0.15, 0.2) is 60.7 Å². The van der Waals surface area contributed by atoms with Gasteiger partial charge in [-0.1, -0.05) is 42.5 Å². The maximum Gasteiger partial charge on any atom is 0.149 e. The van der Waals surface area contributed by atoms with Crippen LogP contribution >= 0.6 is 0 Å². The summed E-state index contributed by atoms with van der Waals surface area (Å²) < 4.78 is 2.01. The van der Waals surface area contributed by atoms with Crippen LogP contribution in [-0.2, 0) is 6.54 Å². The summed E-state index contributed by atoms with van der Waals surface area (Å²) in [5.74, 6) is 1.59. The molecule has 28 heavy (non-hydrogen) atoms. The first-order chi connectivity index (χ1) is 13.8. The first-order valence-electron chi connectivity index (χ1n) is 9.49. The molecular formula is C22H26N6. The zero-order valence-corrected chi connectivity index (χ0v) is 15.9. The summed E-state index contributed by atoms with van der Waals surface area (Å²) in [6, 6.07) is 20.8. The van der Waals surface area contributed by atoms with E-state index in [4.69, 9.17) is 16.1 Å². The third-order valence-electron chi connectivity index (χ3n) is 4.93. The van der Waals surface area contributed by atoms with Gasteiger partial charge in [0.2, 0.25) is 0 Å². The van der Waals surface area contributed by atoms with E-state index in [9.17, 15) is 0 Å². The second kappa shape index (κ2) is 9.70. The first kappa shape index (κ1) is 19.6. The monoisotopic (exact) mass is 374 g/mol. The number of rotatable bonds is 6. The molecule has 3 aromatic rings. The van der Waals surface area contributed by atoms with Crippen LogP contribution in [-0.4, -0.2) is 29.4 Å². The minimum absolute atomic E-state index is 0.556. The van der Waals surface area contributed by atoms with Gasteiger partial charge in [0.15, 0.2) is 0 Å². The van der Waals surface area contributed by atoms with Crippen molar-refractivity contribution < 1.29 is 0 Å². The largest absolute Gasteiger partial charge is 0.368 e. The van der Waals surface area contributed by atoms with Crippen molar-refractivity contribution in [3.63, 3.8) is 0 Å². The van der Waals surface area contributed by atoms with Crippen molar-refractivity contribution in [2.24, 2.45) is 11.7 Å². The summed E-state index contributed by atoms with van der Waals surface area (Å²) in [4.78, 5) is 0. The zero-order valence-electron chi connectivity index (χ0n) is 15.9. The second-order valence-corrected chi connectivity index (χ2v) is 6.80. The third kappa shape index (κ3) is 4.58. The molecule has 1 atom stereocenters. The second-order valence-electron chi connectivity index (χ2n) is 6.80. The standard InChI is InChI=1S/C21H25N5.CHN/c22-13-16-6-8-18(9-7-16)20-12-21(24-15-17-10-11-23-14-17)25-26(20)19-4-2-1-3-5-19;1-2/h1-9,12,17,23H,10-11,13-15,22H2,(H,24,25);1H/t17-;/m1./s1. The van der Waals surface area contributed by atoms with Gasteiger partial charge in [0.25, 0.3) is 0 Å². The van der Waals surface area contributed by atoms with Crippen LogP contribution < -0.4 is 16.4 Å². The molecule has 0 amide bonds. The lowest BCUT2D eigenvalue weighted by atomic mass is 10.1. The molecule has 1 fully saturated rings. The molecule has 6 nitrogen and oxygen atoms in total. The number of hydrogen-bond acceptors (Lipinski definition) is 5. The summed E-state index contributed by atoms with van der Waals surface area (Å²) in [6.45, 7) is 7.20. The van der Waals surface area contributed by atoms with E-state index in [-0.39, 0.29) is 0 Å². The van der Waals surface area contributed by atoms with Crippen LogP contribution in [0.1, 0.15) is 12.0 Å². The third-order valence-corrected chi connectivity index (χ3v) is 4.93. The quantitative estimate of drug-likeness (QED) is 0.616. The Balaban J connectivity index is 0.00000109. The van der Waals surface area contributed by atoms with Gasteiger partial charge >= 0.3 is 0 Å². The fourth-order valence-electron chi connectivity index (χ4n) is 3.39. The topological polar surface area (TPSA) is 91.7 Å². The van der Waals surface area contributed by atoms with Crippen molar-refractivity contribution in [3.8, 4) is 23.5 Å².